The third-order valence-electron chi connectivity index (χ3n) is 3.13. The smallest absolute Gasteiger partial charge is 0.120 e. The molecule has 0 N–H and O–H groups in total. The topological polar surface area (TPSA) is 9.23 Å². The molecular formula is C12H14Br2O. The van der Waals surface area contributed by atoms with Gasteiger partial charge in [0.05, 0.1) is 0 Å². The Hall–Kier alpha value is -0.0200. The van der Waals surface area contributed by atoms with Crippen molar-refractivity contribution < 1.29 is 4.74 Å². The highest BCUT2D eigenvalue weighted by Gasteiger charge is 2.48. The standard InChI is InChI=1S/C12H14Br2O/c1-12(2)10(14)7-11(12)15-9-5-3-4-8(13)6-9/h3-6,10-11H,7H2,1-2H3. The van der Waals surface area contributed by atoms with Crippen molar-refractivity contribution >= 4 is 31.9 Å². The van der Waals surface area contributed by atoms with E-state index in [1.54, 1.807) is 0 Å². The van der Waals surface area contributed by atoms with Crippen LogP contribution in [0.5, 0.6) is 5.75 Å². The number of rotatable bonds is 2. The van der Waals surface area contributed by atoms with Gasteiger partial charge in [-0.25, -0.2) is 0 Å². The minimum atomic E-state index is 0.225. The number of benzene rings is 1. The molecule has 0 amide bonds. The van der Waals surface area contributed by atoms with Crippen LogP contribution in [0.25, 0.3) is 0 Å². The van der Waals surface area contributed by atoms with Crippen LogP contribution in [0.3, 0.4) is 0 Å². The van der Waals surface area contributed by atoms with Crippen LogP contribution in [0.1, 0.15) is 20.3 Å². The van der Waals surface area contributed by atoms with Crippen molar-refractivity contribution in [1.82, 2.24) is 0 Å². The molecule has 0 heterocycles. The van der Waals surface area contributed by atoms with E-state index in [2.05, 4.69) is 45.7 Å². The molecule has 2 rings (SSSR count). The van der Waals surface area contributed by atoms with E-state index in [1.807, 2.05) is 24.3 Å². The molecular weight excluding hydrogens is 320 g/mol. The van der Waals surface area contributed by atoms with Crippen LogP contribution < -0.4 is 4.74 Å². The van der Waals surface area contributed by atoms with E-state index < -0.39 is 0 Å². The normalized spacial score (nSPS) is 28.3. The monoisotopic (exact) mass is 332 g/mol. The highest BCUT2D eigenvalue weighted by molar-refractivity contribution is 9.10. The Bertz CT molecular complexity index is 362. The van der Waals surface area contributed by atoms with E-state index in [0.717, 1.165) is 16.6 Å². The third kappa shape index (κ3) is 2.23. The highest BCUT2D eigenvalue weighted by Crippen LogP contribution is 2.47. The zero-order valence-electron chi connectivity index (χ0n) is 8.84. The first-order valence-electron chi connectivity index (χ1n) is 5.06. The van der Waals surface area contributed by atoms with Crippen molar-refractivity contribution in [3.63, 3.8) is 0 Å². The van der Waals surface area contributed by atoms with Crippen molar-refractivity contribution in [3.8, 4) is 5.75 Å². The van der Waals surface area contributed by atoms with Crippen molar-refractivity contribution in [3.05, 3.63) is 28.7 Å². The lowest BCUT2D eigenvalue weighted by Gasteiger charge is -2.48. The quantitative estimate of drug-likeness (QED) is 0.729. The fourth-order valence-corrected chi connectivity index (χ4v) is 2.75. The van der Waals surface area contributed by atoms with Crippen LogP contribution in [0.15, 0.2) is 28.7 Å². The predicted molar refractivity (Wildman–Crippen MR) is 69.7 cm³/mol. The fourth-order valence-electron chi connectivity index (χ4n) is 1.74. The van der Waals surface area contributed by atoms with E-state index in [4.69, 9.17) is 4.74 Å². The second kappa shape index (κ2) is 4.10. The van der Waals surface area contributed by atoms with Crippen molar-refractivity contribution in [1.29, 1.82) is 0 Å². The van der Waals surface area contributed by atoms with Gasteiger partial charge in [-0.05, 0) is 24.6 Å². The first-order chi connectivity index (χ1) is 7.00. The Morgan fingerprint density at radius 3 is 2.67 bits per heavy atom. The summed E-state index contributed by atoms with van der Waals surface area (Å²) in [6, 6.07) is 8.02. The van der Waals surface area contributed by atoms with Gasteiger partial charge in [-0.1, -0.05) is 51.8 Å². The van der Waals surface area contributed by atoms with Crippen LogP contribution in [-0.4, -0.2) is 10.9 Å². The lowest BCUT2D eigenvalue weighted by Crippen LogP contribution is -2.53. The zero-order chi connectivity index (χ0) is 11.1. The van der Waals surface area contributed by atoms with E-state index >= 15 is 0 Å². The van der Waals surface area contributed by atoms with E-state index in [9.17, 15) is 0 Å². The Kier molecular flexibility index (Phi) is 3.13. The molecule has 0 aromatic heterocycles. The summed E-state index contributed by atoms with van der Waals surface area (Å²) in [5, 5.41) is 0. The third-order valence-corrected chi connectivity index (χ3v) is 5.18. The van der Waals surface area contributed by atoms with Gasteiger partial charge in [-0.2, -0.15) is 0 Å². The van der Waals surface area contributed by atoms with Crippen molar-refractivity contribution in [2.45, 2.75) is 31.2 Å². The summed E-state index contributed by atoms with van der Waals surface area (Å²) in [6.07, 6.45) is 1.40. The summed E-state index contributed by atoms with van der Waals surface area (Å²) >= 11 is 7.10. The van der Waals surface area contributed by atoms with Crippen LogP contribution in [-0.2, 0) is 0 Å². The van der Waals surface area contributed by atoms with Crippen molar-refractivity contribution in [2.24, 2.45) is 5.41 Å². The molecule has 15 heavy (non-hydrogen) atoms. The van der Waals surface area contributed by atoms with Gasteiger partial charge in [0, 0.05) is 14.7 Å². The molecule has 0 saturated heterocycles. The number of hydrogen-bond acceptors (Lipinski definition) is 1. The summed E-state index contributed by atoms with van der Waals surface area (Å²) in [4.78, 5) is 0.571. The molecule has 0 bridgehead atoms. The molecule has 2 atom stereocenters. The van der Waals surface area contributed by atoms with Gasteiger partial charge in [0.15, 0.2) is 0 Å². The average molecular weight is 334 g/mol. The SMILES string of the molecule is CC1(C)C(Br)CC1Oc1cccc(Br)c1. The van der Waals surface area contributed by atoms with Crippen LogP contribution in [0.4, 0.5) is 0 Å². The fraction of sp³-hybridized carbons (Fsp3) is 0.500. The largest absolute Gasteiger partial charge is 0.490 e. The number of alkyl halides is 1. The summed E-state index contributed by atoms with van der Waals surface area (Å²) in [5.41, 5.74) is 0.225. The van der Waals surface area contributed by atoms with Gasteiger partial charge < -0.3 is 4.74 Å². The lowest BCUT2D eigenvalue weighted by molar-refractivity contribution is -0.00782. The Morgan fingerprint density at radius 1 is 1.40 bits per heavy atom. The molecule has 1 aliphatic rings. The van der Waals surface area contributed by atoms with Crippen LogP contribution >= 0.6 is 31.9 Å². The summed E-state index contributed by atoms with van der Waals surface area (Å²) in [6.45, 7) is 4.47. The van der Waals surface area contributed by atoms with Gasteiger partial charge in [0.2, 0.25) is 0 Å². The highest BCUT2D eigenvalue weighted by atomic mass is 79.9. The first kappa shape index (κ1) is 11.5. The maximum absolute atomic E-state index is 5.96. The van der Waals surface area contributed by atoms with Gasteiger partial charge in [0.25, 0.3) is 0 Å². The Morgan fingerprint density at radius 2 is 2.13 bits per heavy atom. The molecule has 1 aromatic carbocycles. The van der Waals surface area contributed by atoms with Gasteiger partial charge in [-0.15, -0.1) is 0 Å². The number of halogens is 2. The molecule has 2 unspecified atom stereocenters. The first-order valence-corrected chi connectivity index (χ1v) is 6.77. The number of ether oxygens (including phenoxy) is 1. The molecule has 1 fully saturated rings. The van der Waals surface area contributed by atoms with Crippen LogP contribution in [0, 0.1) is 5.41 Å². The second-order valence-corrected chi connectivity index (χ2v) is 6.61. The summed E-state index contributed by atoms with van der Waals surface area (Å²) < 4.78 is 7.02. The molecule has 82 valence electrons. The van der Waals surface area contributed by atoms with Gasteiger partial charge >= 0.3 is 0 Å². The molecule has 0 radical (unpaired) electrons. The Labute approximate surface area is 107 Å². The molecule has 0 aliphatic heterocycles. The van der Waals surface area contributed by atoms with Gasteiger partial charge in [0.1, 0.15) is 11.9 Å². The average Bonchev–Trinajstić information content (AvgIpc) is 2.17. The van der Waals surface area contributed by atoms with Crippen molar-refractivity contribution in [2.75, 3.05) is 0 Å². The predicted octanol–water partition coefficient (Wildman–Crippen LogP) is 4.39. The molecule has 1 nitrogen and oxygen atoms in total. The lowest BCUT2D eigenvalue weighted by atomic mass is 9.69. The maximum atomic E-state index is 5.96. The summed E-state index contributed by atoms with van der Waals surface area (Å²) in [5.74, 6) is 0.946. The summed E-state index contributed by atoms with van der Waals surface area (Å²) in [7, 11) is 0. The number of hydrogen-bond donors (Lipinski definition) is 0. The molecule has 3 heteroatoms. The van der Waals surface area contributed by atoms with Crippen LogP contribution in [0.2, 0.25) is 0 Å². The van der Waals surface area contributed by atoms with E-state index in [1.165, 1.54) is 0 Å². The molecule has 1 saturated carbocycles. The minimum Gasteiger partial charge on any atom is -0.490 e. The van der Waals surface area contributed by atoms with E-state index in [-0.39, 0.29) is 5.41 Å². The Balaban J connectivity index is 2.05. The molecule has 0 spiro atoms. The second-order valence-electron chi connectivity index (χ2n) is 4.59. The maximum Gasteiger partial charge on any atom is 0.120 e. The van der Waals surface area contributed by atoms with E-state index in [0.29, 0.717) is 10.9 Å². The molecule has 1 aliphatic carbocycles. The molecule has 1 aromatic rings. The zero-order valence-corrected chi connectivity index (χ0v) is 12.0. The minimum absolute atomic E-state index is 0.225. The van der Waals surface area contributed by atoms with Gasteiger partial charge in [-0.3, -0.25) is 0 Å².